The smallest absolute Gasteiger partial charge is 0.227 e. The molecule has 0 saturated carbocycles. The van der Waals surface area contributed by atoms with Gasteiger partial charge in [0, 0.05) is 44.9 Å². The number of piperazine rings is 1. The number of hydrogen-bond donors (Lipinski definition) is 1. The molecule has 0 bridgehead atoms. The first-order valence-corrected chi connectivity index (χ1v) is 8.92. The molecule has 2 aromatic rings. The average Bonchev–Trinajstić information content (AvgIpc) is 2.63. The van der Waals surface area contributed by atoms with Crippen molar-refractivity contribution in [1.29, 1.82) is 0 Å². The normalized spacial score (nSPS) is 14.3. The minimum absolute atomic E-state index is 0.115. The average molecular weight is 355 g/mol. The second-order valence-corrected chi connectivity index (χ2v) is 6.24. The van der Waals surface area contributed by atoms with Crippen molar-refractivity contribution < 1.29 is 9.53 Å². The van der Waals surface area contributed by atoms with E-state index in [1.54, 1.807) is 6.92 Å². The van der Waals surface area contributed by atoms with Gasteiger partial charge in [-0.25, -0.2) is 4.98 Å². The van der Waals surface area contributed by atoms with Crippen LogP contribution >= 0.6 is 0 Å². The molecule has 1 aromatic heterocycles. The van der Waals surface area contributed by atoms with Crippen molar-refractivity contribution in [3.63, 3.8) is 0 Å². The molecule has 3 rings (SSSR count). The van der Waals surface area contributed by atoms with Crippen LogP contribution in [0.2, 0.25) is 0 Å². The maximum atomic E-state index is 11.5. The molecule has 0 radical (unpaired) electrons. The van der Waals surface area contributed by atoms with Crippen LogP contribution in [0.15, 0.2) is 30.3 Å². The largest absolute Gasteiger partial charge is 0.492 e. The van der Waals surface area contributed by atoms with Crippen molar-refractivity contribution >= 4 is 23.4 Å². The lowest BCUT2D eigenvalue weighted by Gasteiger charge is -2.34. The number of carbonyl (C=O) groups is 1. The molecule has 1 aromatic carbocycles. The highest BCUT2D eigenvalue weighted by Crippen LogP contribution is 2.27. The molecule has 1 saturated heterocycles. The number of aryl methyl sites for hydroxylation is 1. The van der Waals surface area contributed by atoms with Crippen LogP contribution < -0.4 is 15.0 Å². The van der Waals surface area contributed by atoms with Gasteiger partial charge < -0.3 is 19.9 Å². The molecule has 1 aliphatic rings. The van der Waals surface area contributed by atoms with Crippen LogP contribution in [0.5, 0.6) is 5.75 Å². The van der Waals surface area contributed by atoms with Crippen molar-refractivity contribution in [3.8, 4) is 5.75 Å². The molecule has 7 nitrogen and oxygen atoms in total. The molecular formula is C19H25N5O2. The van der Waals surface area contributed by atoms with Crippen LogP contribution in [0.4, 0.5) is 17.5 Å². The van der Waals surface area contributed by atoms with Gasteiger partial charge in [0.1, 0.15) is 11.6 Å². The highest BCUT2D eigenvalue weighted by atomic mass is 16.5. The van der Waals surface area contributed by atoms with E-state index in [2.05, 4.69) is 20.2 Å². The molecule has 1 aliphatic heterocycles. The lowest BCUT2D eigenvalue weighted by molar-refractivity contribution is -0.129. The first-order chi connectivity index (χ1) is 12.6. The molecule has 1 amide bonds. The van der Waals surface area contributed by atoms with Crippen LogP contribution in [0.3, 0.4) is 0 Å². The highest BCUT2D eigenvalue weighted by Gasteiger charge is 2.21. The highest BCUT2D eigenvalue weighted by molar-refractivity contribution is 5.73. The number of anilines is 3. The molecule has 2 heterocycles. The summed E-state index contributed by atoms with van der Waals surface area (Å²) in [7, 11) is 0. The second kappa shape index (κ2) is 8.03. The Bertz CT molecular complexity index is 772. The standard InChI is InChI=1S/C19H25N5O2/c1-4-26-17-8-6-5-7-16(17)21-18-13-14(2)20-19(22-18)24-11-9-23(10-12-24)15(3)25/h5-8,13H,4,9-12H2,1-3H3,(H,20,21,22). The van der Waals surface area contributed by atoms with Gasteiger partial charge in [-0.05, 0) is 26.0 Å². The minimum Gasteiger partial charge on any atom is -0.492 e. The van der Waals surface area contributed by atoms with Gasteiger partial charge in [-0.3, -0.25) is 4.79 Å². The molecule has 0 spiro atoms. The van der Waals surface area contributed by atoms with E-state index < -0.39 is 0 Å². The first kappa shape index (κ1) is 18.0. The lowest BCUT2D eigenvalue weighted by atomic mass is 10.3. The zero-order valence-electron chi connectivity index (χ0n) is 15.5. The van der Waals surface area contributed by atoms with E-state index in [1.165, 1.54) is 0 Å². The van der Waals surface area contributed by atoms with Gasteiger partial charge in [-0.1, -0.05) is 12.1 Å². The first-order valence-electron chi connectivity index (χ1n) is 8.92. The van der Waals surface area contributed by atoms with Crippen LogP contribution in [0.1, 0.15) is 19.5 Å². The SMILES string of the molecule is CCOc1ccccc1Nc1cc(C)nc(N2CCN(C(C)=O)CC2)n1. The van der Waals surface area contributed by atoms with Gasteiger partial charge in [0.05, 0.1) is 12.3 Å². The summed E-state index contributed by atoms with van der Waals surface area (Å²) in [4.78, 5) is 24.7. The fraction of sp³-hybridized carbons (Fsp3) is 0.421. The van der Waals surface area contributed by atoms with Crippen LogP contribution in [0, 0.1) is 6.92 Å². The number of ether oxygens (including phenoxy) is 1. The number of benzene rings is 1. The zero-order chi connectivity index (χ0) is 18.5. The molecule has 7 heteroatoms. The second-order valence-electron chi connectivity index (χ2n) is 6.24. The summed E-state index contributed by atoms with van der Waals surface area (Å²) in [6.07, 6.45) is 0. The Balaban J connectivity index is 1.77. The van der Waals surface area contributed by atoms with E-state index in [0.717, 1.165) is 36.0 Å². The number of carbonyl (C=O) groups excluding carboxylic acids is 1. The molecule has 26 heavy (non-hydrogen) atoms. The summed E-state index contributed by atoms with van der Waals surface area (Å²) in [5.74, 6) is 2.32. The summed E-state index contributed by atoms with van der Waals surface area (Å²) >= 11 is 0. The Hall–Kier alpha value is -2.83. The van der Waals surface area contributed by atoms with E-state index in [9.17, 15) is 4.79 Å². The summed E-state index contributed by atoms with van der Waals surface area (Å²) in [6.45, 7) is 8.99. The zero-order valence-corrected chi connectivity index (χ0v) is 15.5. The monoisotopic (exact) mass is 355 g/mol. The van der Waals surface area contributed by atoms with Gasteiger partial charge in [0.15, 0.2) is 0 Å². The Labute approximate surface area is 154 Å². The van der Waals surface area contributed by atoms with Crippen molar-refractivity contribution in [2.45, 2.75) is 20.8 Å². The molecule has 0 aliphatic carbocycles. The molecule has 1 fully saturated rings. The predicted molar refractivity (Wildman–Crippen MR) is 102 cm³/mol. The van der Waals surface area contributed by atoms with Gasteiger partial charge in [0.25, 0.3) is 0 Å². The molecule has 0 unspecified atom stereocenters. The number of hydrogen-bond acceptors (Lipinski definition) is 6. The van der Waals surface area contributed by atoms with E-state index in [1.807, 2.05) is 49.1 Å². The van der Waals surface area contributed by atoms with Gasteiger partial charge in [-0.2, -0.15) is 4.98 Å². The summed E-state index contributed by atoms with van der Waals surface area (Å²) in [6, 6.07) is 9.72. The Kier molecular flexibility index (Phi) is 5.55. The summed E-state index contributed by atoms with van der Waals surface area (Å²) in [5, 5.41) is 3.34. The maximum absolute atomic E-state index is 11.5. The summed E-state index contributed by atoms with van der Waals surface area (Å²) in [5.41, 5.74) is 1.76. The van der Waals surface area contributed by atoms with E-state index in [-0.39, 0.29) is 5.91 Å². The van der Waals surface area contributed by atoms with Gasteiger partial charge in [0.2, 0.25) is 11.9 Å². The third-order valence-corrected chi connectivity index (χ3v) is 4.30. The van der Waals surface area contributed by atoms with Crippen LogP contribution in [0.25, 0.3) is 0 Å². The van der Waals surface area contributed by atoms with Gasteiger partial charge in [-0.15, -0.1) is 0 Å². The number of aromatic nitrogens is 2. The van der Waals surface area contributed by atoms with Crippen molar-refractivity contribution in [1.82, 2.24) is 14.9 Å². The van der Waals surface area contributed by atoms with Crippen molar-refractivity contribution in [2.24, 2.45) is 0 Å². The fourth-order valence-electron chi connectivity index (χ4n) is 2.97. The molecular weight excluding hydrogens is 330 g/mol. The van der Waals surface area contributed by atoms with E-state index in [0.29, 0.717) is 25.6 Å². The van der Waals surface area contributed by atoms with Gasteiger partial charge >= 0.3 is 0 Å². The van der Waals surface area contributed by atoms with E-state index in [4.69, 9.17) is 4.74 Å². The topological polar surface area (TPSA) is 70.6 Å². The fourth-order valence-corrected chi connectivity index (χ4v) is 2.97. The van der Waals surface area contributed by atoms with E-state index >= 15 is 0 Å². The number of amides is 1. The van der Waals surface area contributed by atoms with Crippen LogP contribution in [-0.2, 0) is 4.79 Å². The Morgan fingerprint density at radius 1 is 1.19 bits per heavy atom. The maximum Gasteiger partial charge on any atom is 0.227 e. The number of nitrogens with zero attached hydrogens (tertiary/aromatic N) is 4. The van der Waals surface area contributed by atoms with Crippen molar-refractivity contribution in [2.75, 3.05) is 43.0 Å². The minimum atomic E-state index is 0.115. The Morgan fingerprint density at radius 3 is 2.62 bits per heavy atom. The molecule has 1 N–H and O–H groups in total. The van der Waals surface area contributed by atoms with Crippen LogP contribution in [-0.4, -0.2) is 53.6 Å². The quantitative estimate of drug-likeness (QED) is 0.889. The third kappa shape index (κ3) is 4.22. The summed E-state index contributed by atoms with van der Waals surface area (Å²) < 4.78 is 5.67. The number of nitrogens with one attached hydrogen (secondary N) is 1. The molecule has 0 atom stereocenters. The van der Waals surface area contributed by atoms with Crippen molar-refractivity contribution in [3.05, 3.63) is 36.0 Å². The number of rotatable bonds is 5. The number of para-hydroxylation sites is 2. The molecule has 138 valence electrons. The predicted octanol–water partition coefficient (Wildman–Crippen LogP) is 2.60. The lowest BCUT2D eigenvalue weighted by Crippen LogP contribution is -2.48. The third-order valence-electron chi connectivity index (χ3n) is 4.30. The Morgan fingerprint density at radius 2 is 1.92 bits per heavy atom.